The fourth-order valence-corrected chi connectivity index (χ4v) is 5.27. The van der Waals surface area contributed by atoms with Crippen LogP contribution in [0, 0.1) is 5.92 Å². The molecule has 0 aromatic heterocycles. The SMILES string of the molecule is COc1ccc(P2(=O)OCCCN2[C@@H](C(=O)O)C(C)C)cc1. The summed E-state index contributed by atoms with van der Waals surface area (Å²) in [5, 5.41) is 10.0. The Kier molecular flexibility index (Phi) is 5.27. The maximum Gasteiger partial charge on any atom is 0.321 e. The Morgan fingerprint density at radius 3 is 2.50 bits per heavy atom. The van der Waals surface area contributed by atoms with Crippen LogP contribution in [0.3, 0.4) is 0 Å². The molecular weight excluding hydrogens is 305 g/mol. The molecule has 1 aliphatic rings. The standard InChI is InChI=1S/C15H22NO5P/c1-11(2)14(15(17)18)16-9-4-10-21-22(16,19)13-7-5-12(20-3)6-8-13/h5-8,11,14H,4,9-10H2,1-3H3,(H,17,18)/t14-,22?/m1/s1. The smallest absolute Gasteiger partial charge is 0.321 e. The zero-order valence-electron chi connectivity index (χ0n) is 13.1. The van der Waals surface area contributed by atoms with E-state index in [0.29, 0.717) is 30.6 Å². The molecule has 1 N–H and O–H groups in total. The van der Waals surface area contributed by atoms with Crippen LogP contribution in [-0.4, -0.2) is 42.0 Å². The van der Waals surface area contributed by atoms with E-state index < -0.39 is 19.5 Å². The molecule has 122 valence electrons. The molecule has 1 heterocycles. The van der Waals surface area contributed by atoms with E-state index in [1.807, 2.05) is 13.8 Å². The highest BCUT2D eigenvalue weighted by molar-refractivity contribution is 7.64. The molecule has 0 bridgehead atoms. The average molecular weight is 327 g/mol. The number of hydrogen-bond acceptors (Lipinski definition) is 4. The highest BCUT2D eigenvalue weighted by atomic mass is 31.2. The lowest BCUT2D eigenvalue weighted by Crippen LogP contribution is -2.47. The van der Waals surface area contributed by atoms with Gasteiger partial charge in [0.15, 0.2) is 0 Å². The molecule has 0 aliphatic carbocycles. The molecule has 1 saturated heterocycles. The molecule has 22 heavy (non-hydrogen) atoms. The van der Waals surface area contributed by atoms with Crippen molar-refractivity contribution in [2.24, 2.45) is 5.92 Å². The summed E-state index contributed by atoms with van der Waals surface area (Å²) < 4.78 is 25.6. The number of methoxy groups -OCH3 is 1. The number of aliphatic carboxylic acids is 1. The van der Waals surface area contributed by atoms with Crippen molar-refractivity contribution in [3.63, 3.8) is 0 Å². The van der Waals surface area contributed by atoms with Gasteiger partial charge in [0, 0.05) is 6.54 Å². The first-order chi connectivity index (χ1) is 10.4. The monoisotopic (exact) mass is 327 g/mol. The van der Waals surface area contributed by atoms with Crippen LogP contribution >= 0.6 is 7.52 Å². The fourth-order valence-electron chi connectivity index (χ4n) is 2.67. The second kappa shape index (κ2) is 6.82. The van der Waals surface area contributed by atoms with E-state index in [1.165, 1.54) is 4.67 Å². The van der Waals surface area contributed by atoms with Gasteiger partial charge in [-0.15, -0.1) is 0 Å². The number of carboxylic acid groups (broad SMARTS) is 1. The lowest BCUT2D eigenvalue weighted by atomic mass is 10.0. The van der Waals surface area contributed by atoms with Crippen LogP contribution in [0.4, 0.5) is 0 Å². The van der Waals surface area contributed by atoms with Gasteiger partial charge in [-0.05, 0) is 36.6 Å². The molecule has 1 aliphatic heterocycles. The van der Waals surface area contributed by atoms with Crippen molar-refractivity contribution in [3.05, 3.63) is 24.3 Å². The lowest BCUT2D eigenvalue weighted by molar-refractivity contribution is -0.143. The van der Waals surface area contributed by atoms with Crippen LogP contribution in [0.2, 0.25) is 0 Å². The summed E-state index contributed by atoms with van der Waals surface area (Å²) in [6, 6.07) is 5.93. The number of ether oxygens (including phenoxy) is 1. The van der Waals surface area contributed by atoms with Gasteiger partial charge in [0.25, 0.3) is 0 Å². The summed E-state index contributed by atoms with van der Waals surface area (Å²) in [5.41, 5.74) is 0. The van der Waals surface area contributed by atoms with Crippen molar-refractivity contribution in [1.29, 1.82) is 0 Å². The third kappa shape index (κ3) is 3.19. The summed E-state index contributed by atoms with van der Waals surface area (Å²) in [5.74, 6) is -0.502. The number of carbonyl (C=O) groups is 1. The highest BCUT2D eigenvalue weighted by Crippen LogP contribution is 2.54. The molecule has 1 fully saturated rings. The van der Waals surface area contributed by atoms with Crippen LogP contribution in [0.5, 0.6) is 5.75 Å². The summed E-state index contributed by atoms with van der Waals surface area (Å²) in [6.07, 6.45) is 0.663. The molecule has 2 rings (SSSR count). The minimum atomic E-state index is -3.37. The number of benzene rings is 1. The molecule has 1 aromatic rings. The van der Waals surface area contributed by atoms with E-state index in [2.05, 4.69) is 0 Å². The molecule has 7 heteroatoms. The fraction of sp³-hybridized carbons (Fsp3) is 0.533. The van der Waals surface area contributed by atoms with Gasteiger partial charge < -0.3 is 14.4 Å². The third-order valence-corrected chi connectivity index (χ3v) is 6.35. The van der Waals surface area contributed by atoms with Crippen molar-refractivity contribution in [3.8, 4) is 5.75 Å². The molecule has 1 aromatic carbocycles. The first kappa shape index (κ1) is 17.0. The van der Waals surface area contributed by atoms with E-state index >= 15 is 0 Å². The Bertz CT molecular complexity index is 572. The minimum absolute atomic E-state index is 0.175. The highest BCUT2D eigenvalue weighted by Gasteiger charge is 2.44. The molecule has 0 amide bonds. The first-order valence-electron chi connectivity index (χ1n) is 7.29. The summed E-state index contributed by atoms with van der Waals surface area (Å²) in [6.45, 7) is 4.43. The normalized spacial score (nSPS) is 24.2. The summed E-state index contributed by atoms with van der Waals surface area (Å²) in [7, 11) is -1.82. The van der Waals surface area contributed by atoms with Crippen LogP contribution < -0.4 is 10.0 Å². The minimum Gasteiger partial charge on any atom is -0.497 e. The largest absolute Gasteiger partial charge is 0.497 e. The van der Waals surface area contributed by atoms with Gasteiger partial charge in [0.1, 0.15) is 11.8 Å². The zero-order valence-corrected chi connectivity index (χ0v) is 14.0. The predicted molar refractivity (Wildman–Crippen MR) is 83.8 cm³/mol. The van der Waals surface area contributed by atoms with Crippen molar-refractivity contribution >= 4 is 18.8 Å². The predicted octanol–water partition coefficient (Wildman–Crippen LogP) is 2.35. The van der Waals surface area contributed by atoms with E-state index in [-0.39, 0.29) is 5.92 Å². The quantitative estimate of drug-likeness (QED) is 0.837. The Hall–Kier alpha value is -1.36. The van der Waals surface area contributed by atoms with Crippen molar-refractivity contribution in [1.82, 2.24) is 4.67 Å². The van der Waals surface area contributed by atoms with Gasteiger partial charge in [-0.3, -0.25) is 9.36 Å². The Labute approximate surface area is 130 Å². The Balaban J connectivity index is 2.42. The Morgan fingerprint density at radius 2 is 2.00 bits per heavy atom. The molecule has 0 radical (unpaired) electrons. The van der Waals surface area contributed by atoms with Crippen LogP contribution in [0.15, 0.2) is 24.3 Å². The van der Waals surface area contributed by atoms with Crippen LogP contribution in [-0.2, 0) is 13.9 Å². The van der Waals surface area contributed by atoms with Gasteiger partial charge in [-0.25, -0.2) is 4.67 Å². The molecular formula is C15H22NO5P. The van der Waals surface area contributed by atoms with Crippen LogP contribution in [0.1, 0.15) is 20.3 Å². The average Bonchev–Trinajstić information content (AvgIpc) is 2.49. The second-order valence-electron chi connectivity index (χ2n) is 5.60. The van der Waals surface area contributed by atoms with Crippen LogP contribution in [0.25, 0.3) is 0 Å². The van der Waals surface area contributed by atoms with E-state index in [4.69, 9.17) is 9.26 Å². The summed E-state index contributed by atoms with van der Waals surface area (Å²) in [4.78, 5) is 11.6. The number of rotatable bonds is 5. The third-order valence-electron chi connectivity index (χ3n) is 3.74. The van der Waals surface area contributed by atoms with Gasteiger partial charge in [0.2, 0.25) is 0 Å². The molecule has 2 atom stereocenters. The molecule has 1 unspecified atom stereocenters. The molecule has 0 saturated carbocycles. The second-order valence-corrected chi connectivity index (χ2v) is 7.92. The number of carboxylic acids is 1. The van der Waals surface area contributed by atoms with Gasteiger partial charge in [-0.2, -0.15) is 0 Å². The number of nitrogens with zero attached hydrogens (tertiary/aromatic N) is 1. The Morgan fingerprint density at radius 1 is 1.36 bits per heavy atom. The molecule has 0 spiro atoms. The maximum absolute atomic E-state index is 13.4. The van der Waals surface area contributed by atoms with Crippen molar-refractivity contribution < 1.29 is 23.7 Å². The van der Waals surface area contributed by atoms with E-state index in [9.17, 15) is 14.5 Å². The topological polar surface area (TPSA) is 76.1 Å². The first-order valence-corrected chi connectivity index (χ1v) is 8.87. The summed E-state index contributed by atoms with van der Waals surface area (Å²) >= 11 is 0. The van der Waals surface area contributed by atoms with Gasteiger partial charge >= 0.3 is 13.5 Å². The molecule has 6 nitrogen and oxygen atoms in total. The van der Waals surface area contributed by atoms with E-state index in [0.717, 1.165) is 0 Å². The van der Waals surface area contributed by atoms with Crippen molar-refractivity contribution in [2.45, 2.75) is 26.3 Å². The van der Waals surface area contributed by atoms with E-state index in [1.54, 1.807) is 31.4 Å². The lowest BCUT2D eigenvalue weighted by Gasteiger charge is -2.40. The van der Waals surface area contributed by atoms with Crippen molar-refractivity contribution in [2.75, 3.05) is 20.3 Å². The maximum atomic E-state index is 13.4. The van der Waals surface area contributed by atoms with Gasteiger partial charge in [-0.1, -0.05) is 13.8 Å². The van der Waals surface area contributed by atoms with Gasteiger partial charge in [0.05, 0.1) is 19.0 Å². The number of hydrogen-bond donors (Lipinski definition) is 1. The zero-order chi connectivity index (χ0) is 16.3.